The lowest BCUT2D eigenvalue weighted by Crippen LogP contribution is -2.44. The van der Waals surface area contributed by atoms with E-state index in [1.807, 2.05) is 0 Å². The molecule has 1 aliphatic carbocycles. The summed E-state index contributed by atoms with van der Waals surface area (Å²) in [5.74, 6) is 0. The van der Waals surface area contributed by atoms with Gasteiger partial charge >= 0.3 is 6.18 Å². The van der Waals surface area contributed by atoms with Crippen LogP contribution in [0.25, 0.3) is 0 Å². The number of nitrogens with zero attached hydrogens (tertiary/aromatic N) is 1. The third-order valence-electron chi connectivity index (χ3n) is 2.75. The molecule has 7 heteroatoms. The predicted molar refractivity (Wildman–Crippen MR) is 61.4 cm³/mol. The molecule has 1 atom stereocenters. The highest BCUT2D eigenvalue weighted by Crippen LogP contribution is 2.30. The van der Waals surface area contributed by atoms with Gasteiger partial charge in [-0.05, 0) is 12.8 Å². The van der Waals surface area contributed by atoms with E-state index in [9.17, 15) is 18.3 Å². The minimum Gasteiger partial charge on any atom is -0.390 e. The SMILES string of the molecule is COCCNCC(O)CN(CC(F)(F)F)C1CC1. The van der Waals surface area contributed by atoms with Crippen LogP contribution in [0.5, 0.6) is 0 Å². The third kappa shape index (κ3) is 7.15. The molecule has 1 fully saturated rings. The molecule has 0 amide bonds. The number of aliphatic hydroxyl groups is 1. The quantitative estimate of drug-likeness (QED) is 0.603. The summed E-state index contributed by atoms with van der Waals surface area (Å²) < 4.78 is 41.8. The van der Waals surface area contributed by atoms with Crippen molar-refractivity contribution >= 4 is 0 Å². The molecule has 1 aliphatic rings. The normalized spacial score (nSPS) is 18.3. The molecular weight excluding hydrogens is 249 g/mol. The first-order valence-corrected chi connectivity index (χ1v) is 6.11. The van der Waals surface area contributed by atoms with Crippen LogP contribution < -0.4 is 5.32 Å². The van der Waals surface area contributed by atoms with E-state index in [4.69, 9.17) is 4.74 Å². The van der Waals surface area contributed by atoms with Crippen molar-refractivity contribution in [3.63, 3.8) is 0 Å². The number of hydrogen-bond donors (Lipinski definition) is 2. The molecule has 0 radical (unpaired) electrons. The Bertz CT molecular complexity index is 235. The van der Waals surface area contributed by atoms with Crippen LogP contribution in [0.2, 0.25) is 0 Å². The van der Waals surface area contributed by atoms with Crippen molar-refractivity contribution in [1.82, 2.24) is 10.2 Å². The second kappa shape index (κ2) is 7.28. The summed E-state index contributed by atoms with van der Waals surface area (Å²) in [4.78, 5) is 1.32. The van der Waals surface area contributed by atoms with E-state index >= 15 is 0 Å². The Hall–Kier alpha value is -0.370. The fourth-order valence-corrected chi connectivity index (χ4v) is 1.79. The molecule has 1 saturated carbocycles. The Balaban J connectivity index is 2.23. The zero-order valence-corrected chi connectivity index (χ0v) is 10.5. The zero-order chi connectivity index (χ0) is 13.6. The van der Waals surface area contributed by atoms with E-state index in [1.54, 1.807) is 7.11 Å². The zero-order valence-electron chi connectivity index (χ0n) is 10.5. The van der Waals surface area contributed by atoms with Crippen LogP contribution in [0.1, 0.15) is 12.8 Å². The number of nitrogens with one attached hydrogen (secondary N) is 1. The second-order valence-corrected chi connectivity index (χ2v) is 4.63. The van der Waals surface area contributed by atoms with Gasteiger partial charge in [-0.1, -0.05) is 0 Å². The van der Waals surface area contributed by atoms with E-state index in [1.165, 1.54) is 4.90 Å². The molecule has 1 rings (SSSR count). The number of rotatable bonds is 9. The van der Waals surface area contributed by atoms with Crippen molar-refractivity contribution in [2.75, 3.05) is 39.9 Å². The number of methoxy groups -OCH3 is 1. The fraction of sp³-hybridized carbons (Fsp3) is 1.00. The molecule has 0 bridgehead atoms. The van der Waals surface area contributed by atoms with E-state index in [2.05, 4.69) is 5.32 Å². The topological polar surface area (TPSA) is 44.7 Å². The first-order valence-electron chi connectivity index (χ1n) is 6.11. The van der Waals surface area contributed by atoms with Crippen LogP contribution >= 0.6 is 0 Å². The molecular formula is C11H21F3N2O2. The van der Waals surface area contributed by atoms with Gasteiger partial charge in [0.2, 0.25) is 0 Å². The highest BCUT2D eigenvalue weighted by Gasteiger charge is 2.38. The van der Waals surface area contributed by atoms with Gasteiger partial charge in [-0.25, -0.2) is 0 Å². The summed E-state index contributed by atoms with van der Waals surface area (Å²) >= 11 is 0. The van der Waals surface area contributed by atoms with Gasteiger partial charge in [-0.15, -0.1) is 0 Å². The largest absolute Gasteiger partial charge is 0.401 e. The molecule has 0 saturated heterocycles. The molecule has 0 aromatic rings. The Kier molecular flexibility index (Phi) is 6.34. The summed E-state index contributed by atoms with van der Waals surface area (Å²) in [5.41, 5.74) is 0. The van der Waals surface area contributed by atoms with Gasteiger partial charge in [0.05, 0.1) is 19.3 Å². The van der Waals surface area contributed by atoms with Crippen molar-refractivity contribution in [2.45, 2.75) is 31.2 Å². The van der Waals surface area contributed by atoms with Gasteiger partial charge in [0, 0.05) is 32.8 Å². The molecule has 1 unspecified atom stereocenters. The maximum atomic E-state index is 12.3. The van der Waals surface area contributed by atoms with Gasteiger partial charge in [0.25, 0.3) is 0 Å². The van der Waals surface area contributed by atoms with Gasteiger partial charge in [0.15, 0.2) is 0 Å². The minimum absolute atomic E-state index is 0.0137. The van der Waals surface area contributed by atoms with Crippen LogP contribution in [0, 0.1) is 0 Å². The first kappa shape index (κ1) is 15.7. The summed E-state index contributed by atoms with van der Waals surface area (Å²) in [6, 6.07) is -0.0137. The highest BCUT2D eigenvalue weighted by atomic mass is 19.4. The molecule has 2 N–H and O–H groups in total. The molecule has 18 heavy (non-hydrogen) atoms. The molecule has 0 aromatic carbocycles. The summed E-state index contributed by atoms with van der Waals surface area (Å²) in [5, 5.41) is 12.6. The smallest absolute Gasteiger partial charge is 0.390 e. The first-order chi connectivity index (χ1) is 8.42. The van der Waals surface area contributed by atoms with Gasteiger partial charge in [-0.2, -0.15) is 13.2 Å². The van der Waals surface area contributed by atoms with Gasteiger partial charge in [-0.3, -0.25) is 4.90 Å². The molecule has 108 valence electrons. The molecule has 4 nitrogen and oxygen atoms in total. The van der Waals surface area contributed by atoms with Crippen LogP contribution in [0.3, 0.4) is 0 Å². The van der Waals surface area contributed by atoms with E-state index in [0.29, 0.717) is 13.2 Å². The number of alkyl halides is 3. The molecule has 0 heterocycles. The Labute approximate surface area is 105 Å². The Morgan fingerprint density at radius 2 is 2.11 bits per heavy atom. The lowest BCUT2D eigenvalue weighted by molar-refractivity contribution is -0.149. The lowest BCUT2D eigenvalue weighted by Gasteiger charge is -2.26. The van der Waals surface area contributed by atoms with E-state index in [0.717, 1.165) is 12.8 Å². The van der Waals surface area contributed by atoms with Crippen LogP contribution in [-0.2, 0) is 4.74 Å². The minimum atomic E-state index is -4.20. The summed E-state index contributed by atoms with van der Waals surface area (Å²) in [6.07, 6.45) is -3.41. The summed E-state index contributed by atoms with van der Waals surface area (Å²) in [7, 11) is 1.57. The third-order valence-corrected chi connectivity index (χ3v) is 2.75. The Morgan fingerprint density at radius 1 is 1.44 bits per heavy atom. The predicted octanol–water partition coefficient (Wildman–Crippen LogP) is 0.610. The van der Waals surface area contributed by atoms with Crippen molar-refractivity contribution in [3.05, 3.63) is 0 Å². The van der Waals surface area contributed by atoms with Crippen molar-refractivity contribution in [1.29, 1.82) is 0 Å². The van der Waals surface area contributed by atoms with Crippen molar-refractivity contribution in [2.24, 2.45) is 0 Å². The van der Waals surface area contributed by atoms with Gasteiger partial charge < -0.3 is 15.2 Å². The standard InChI is InChI=1S/C11H21F3N2O2/c1-18-5-4-15-6-10(17)7-16(9-2-3-9)8-11(12,13)14/h9-10,15,17H,2-8H2,1H3. The van der Waals surface area contributed by atoms with Crippen molar-refractivity contribution < 1.29 is 23.0 Å². The van der Waals surface area contributed by atoms with Crippen LogP contribution in [0.4, 0.5) is 13.2 Å². The monoisotopic (exact) mass is 270 g/mol. The highest BCUT2D eigenvalue weighted by molar-refractivity contribution is 4.87. The maximum absolute atomic E-state index is 12.3. The van der Waals surface area contributed by atoms with Crippen LogP contribution in [-0.4, -0.2) is 68.2 Å². The number of hydrogen-bond acceptors (Lipinski definition) is 4. The molecule has 0 aromatic heterocycles. The van der Waals surface area contributed by atoms with Crippen molar-refractivity contribution in [3.8, 4) is 0 Å². The molecule has 0 spiro atoms. The second-order valence-electron chi connectivity index (χ2n) is 4.63. The molecule has 0 aliphatic heterocycles. The average molecular weight is 270 g/mol. The van der Waals surface area contributed by atoms with Crippen LogP contribution in [0.15, 0.2) is 0 Å². The number of aliphatic hydroxyl groups excluding tert-OH is 1. The van der Waals surface area contributed by atoms with E-state index in [-0.39, 0.29) is 19.1 Å². The van der Waals surface area contributed by atoms with E-state index < -0.39 is 18.8 Å². The van der Waals surface area contributed by atoms with Gasteiger partial charge in [0.1, 0.15) is 0 Å². The summed E-state index contributed by atoms with van der Waals surface area (Å²) in [6.45, 7) is 0.499. The number of halogens is 3. The Morgan fingerprint density at radius 3 is 2.61 bits per heavy atom. The lowest BCUT2D eigenvalue weighted by atomic mass is 10.3. The number of ether oxygens (including phenoxy) is 1. The fourth-order valence-electron chi connectivity index (χ4n) is 1.79. The maximum Gasteiger partial charge on any atom is 0.401 e. The average Bonchev–Trinajstić information content (AvgIpc) is 3.05.